The zero-order chi connectivity index (χ0) is 31.2. The molecule has 1 fully saturated rings. The molecule has 45 heavy (non-hydrogen) atoms. The van der Waals surface area contributed by atoms with Crippen LogP contribution in [0.15, 0.2) is 73.1 Å². The van der Waals surface area contributed by atoms with Gasteiger partial charge in [0, 0.05) is 50.1 Å². The van der Waals surface area contributed by atoms with Crippen LogP contribution in [0.1, 0.15) is 38.4 Å². The number of benzene rings is 2. The maximum Gasteiger partial charge on any atom is 0.335 e. The normalized spacial score (nSPS) is 16.8. The van der Waals surface area contributed by atoms with Crippen LogP contribution in [0.3, 0.4) is 0 Å². The van der Waals surface area contributed by atoms with E-state index in [0.29, 0.717) is 43.1 Å². The van der Waals surface area contributed by atoms with Crippen molar-refractivity contribution in [3.63, 3.8) is 0 Å². The van der Waals surface area contributed by atoms with Gasteiger partial charge >= 0.3 is 5.97 Å². The van der Waals surface area contributed by atoms with Gasteiger partial charge in [-0.15, -0.1) is 5.10 Å². The molecule has 1 aliphatic carbocycles. The molecule has 12 heteroatoms. The Morgan fingerprint density at radius 2 is 1.93 bits per heavy atom. The van der Waals surface area contributed by atoms with Crippen LogP contribution in [0, 0.1) is 0 Å². The number of carboxylic acids is 1. The summed E-state index contributed by atoms with van der Waals surface area (Å²) in [7, 11) is 3.58. The second kappa shape index (κ2) is 11.2. The van der Waals surface area contributed by atoms with Gasteiger partial charge in [-0.25, -0.2) is 18.7 Å². The molecule has 0 bridgehead atoms. The fraction of sp³-hybridized carbons (Fsp3) is 0.242. The Kier molecular flexibility index (Phi) is 7.03. The zero-order valence-electron chi connectivity index (χ0n) is 24.6. The third-order valence-corrected chi connectivity index (χ3v) is 8.27. The SMILES string of the molecule is COc1ccc(CN(C)c2cc(N3CCc4c(-c5cc(C(=O)O)ccn5)cccc43)nn3c(C(=O)N[C@@H]4C[C@@H]4F)cnc23)cc1. The van der Waals surface area contributed by atoms with Crippen molar-refractivity contribution in [1.82, 2.24) is 24.9 Å². The smallest absolute Gasteiger partial charge is 0.335 e. The molecule has 11 nitrogen and oxygen atoms in total. The number of hydrogen-bond donors (Lipinski definition) is 2. The van der Waals surface area contributed by atoms with Crippen LogP contribution >= 0.6 is 0 Å². The Morgan fingerprint density at radius 3 is 2.67 bits per heavy atom. The first-order valence-electron chi connectivity index (χ1n) is 14.6. The Bertz CT molecular complexity index is 1940. The van der Waals surface area contributed by atoms with Crippen molar-refractivity contribution in [1.29, 1.82) is 0 Å². The number of amides is 1. The molecule has 4 heterocycles. The van der Waals surface area contributed by atoms with Crippen LogP contribution in [0.4, 0.5) is 21.6 Å². The van der Waals surface area contributed by atoms with Gasteiger partial charge in [0.1, 0.15) is 11.9 Å². The molecule has 1 aliphatic heterocycles. The van der Waals surface area contributed by atoms with E-state index in [1.54, 1.807) is 13.2 Å². The fourth-order valence-electron chi connectivity index (χ4n) is 5.78. The molecule has 228 valence electrons. The lowest BCUT2D eigenvalue weighted by atomic mass is 10.0. The van der Waals surface area contributed by atoms with Crippen LogP contribution in [-0.4, -0.2) is 69.5 Å². The van der Waals surface area contributed by atoms with Crippen LogP contribution in [0.5, 0.6) is 5.75 Å². The van der Waals surface area contributed by atoms with Gasteiger partial charge in [-0.2, -0.15) is 0 Å². The number of anilines is 3. The van der Waals surface area contributed by atoms with E-state index < -0.39 is 24.1 Å². The summed E-state index contributed by atoms with van der Waals surface area (Å²) in [5.41, 5.74) is 6.05. The minimum atomic E-state index is -1.04. The molecule has 2 aromatic carbocycles. The second-order valence-electron chi connectivity index (χ2n) is 11.2. The molecule has 0 saturated heterocycles. The van der Waals surface area contributed by atoms with E-state index in [2.05, 4.69) is 20.2 Å². The molecule has 7 rings (SSSR count). The van der Waals surface area contributed by atoms with Crippen molar-refractivity contribution < 1.29 is 23.8 Å². The van der Waals surface area contributed by atoms with Crippen LogP contribution in [0.2, 0.25) is 0 Å². The van der Waals surface area contributed by atoms with E-state index in [1.807, 2.05) is 60.5 Å². The number of methoxy groups -OCH3 is 1. The summed E-state index contributed by atoms with van der Waals surface area (Å²) in [6.45, 7) is 1.16. The number of carbonyl (C=O) groups excluding carboxylic acids is 1. The molecule has 1 saturated carbocycles. The number of imidazole rings is 1. The summed E-state index contributed by atoms with van der Waals surface area (Å²) in [5, 5.41) is 17.1. The lowest BCUT2D eigenvalue weighted by Gasteiger charge is -2.24. The number of rotatable bonds is 9. The van der Waals surface area contributed by atoms with E-state index in [4.69, 9.17) is 9.84 Å². The maximum atomic E-state index is 13.6. The first kappa shape index (κ1) is 28.3. The van der Waals surface area contributed by atoms with E-state index in [1.165, 1.54) is 23.0 Å². The molecule has 2 aliphatic rings. The average Bonchev–Trinajstić information content (AvgIpc) is 3.40. The number of alkyl halides is 1. The minimum Gasteiger partial charge on any atom is -0.497 e. The quantitative estimate of drug-likeness (QED) is 0.246. The molecule has 3 aromatic heterocycles. The van der Waals surface area contributed by atoms with Crippen molar-refractivity contribution in [2.75, 3.05) is 30.5 Å². The van der Waals surface area contributed by atoms with Crippen LogP contribution in [-0.2, 0) is 13.0 Å². The summed E-state index contributed by atoms with van der Waals surface area (Å²) >= 11 is 0. The highest BCUT2D eigenvalue weighted by Gasteiger charge is 2.39. The van der Waals surface area contributed by atoms with Crippen molar-refractivity contribution in [2.24, 2.45) is 0 Å². The van der Waals surface area contributed by atoms with Gasteiger partial charge < -0.3 is 25.0 Å². The highest BCUT2D eigenvalue weighted by molar-refractivity contribution is 5.94. The number of ether oxygens (including phenoxy) is 1. The predicted molar refractivity (Wildman–Crippen MR) is 166 cm³/mol. The first-order chi connectivity index (χ1) is 21.8. The molecule has 0 radical (unpaired) electrons. The van der Waals surface area contributed by atoms with Crippen LogP contribution < -0.4 is 19.9 Å². The number of aromatic carboxylic acids is 1. The second-order valence-corrected chi connectivity index (χ2v) is 11.2. The van der Waals surface area contributed by atoms with Crippen molar-refractivity contribution >= 4 is 34.7 Å². The van der Waals surface area contributed by atoms with Gasteiger partial charge in [0.15, 0.2) is 17.2 Å². The number of pyridine rings is 1. The van der Waals surface area contributed by atoms with E-state index in [-0.39, 0.29) is 11.3 Å². The van der Waals surface area contributed by atoms with E-state index in [0.717, 1.165) is 33.8 Å². The van der Waals surface area contributed by atoms with Gasteiger partial charge in [-0.3, -0.25) is 9.78 Å². The lowest BCUT2D eigenvalue weighted by Crippen LogP contribution is -2.29. The first-order valence-corrected chi connectivity index (χ1v) is 14.6. The van der Waals surface area contributed by atoms with Crippen molar-refractivity contribution in [3.8, 4) is 17.0 Å². The van der Waals surface area contributed by atoms with Crippen molar-refractivity contribution in [2.45, 2.75) is 31.6 Å². The summed E-state index contributed by atoms with van der Waals surface area (Å²) < 4.78 is 20.5. The number of fused-ring (bicyclic) bond motifs is 2. The molecule has 5 aromatic rings. The van der Waals surface area contributed by atoms with Gasteiger partial charge in [-0.05, 0) is 47.9 Å². The fourth-order valence-corrected chi connectivity index (χ4v) is 5.78. The number of aromatic nitrogens is 4. The summed E-state index contributed by atoms with van der Waals surface area (Å²) in [4.78, 5) is 38.0. The lowest BCUT2D eigenvalue weighted by molar-refractivity contribution is 0.0696. The standard InChI is InChI=1S/C33H30FN7O4/c1-39(18-19-6-8-21(45-2)9-7-19)28-16-30(38-41-29(17-36-31(28)41)32(42)37-26-15-24(26)34)40-13-11-23-22(4-3-5-27(23)40)25-14-20(33(43)44)10-12-35-25/h3-10,12,14,16-17,24,26H,11,13,15,18H2,1-2H3,(H,37,42)(H,43,44)/t24-,26+/m0/s1. The molecule has 2 atom stereocenters. The Labute approximate surface area is 257 Å². The molecular weight excluding hydrogens is 577 g/mol. The molecular formula is C33H30FN7O4. The topological polar surface area (TPSA) is 125 Å². The van der Waals surface area contributed by atoms with Crippen LogP contribution in [0.25, 0.3) is 16.9 Å². The number of nitrogens with one attached hydrogen (secondary N) is 1. The monoisotopic (exact) mass is 607 g/mol. The Hall–Kier alpha value is -5.52. The largest absolute Gasteiger partial charge is 0.497 e. The third-order valence-electron chi connectivity index (χ3n) is 8.27. The predicted octanol–water partition coefficient (Wildman–Crippen LogP) is 4.67. The number of halogens is 1. The number of carbonyl (C=O) groups is 2. The molecule has 2 N–H and O–H groups in total. The van der Waals surface area contributed by atoms with Crippen molar-refractivity contribution in [3.05, 3.63) is 95.4 Å². The average molecular weight is 608 g/mol. The molecule has 0 spiro atoms. The minimum absolute atomic E-state index is 0.167. The van der Waals surface area contributed by atoms with Gasteiger partial charge in [0.2, 0.25) is 0 Å². The van der Waals surface area contributed by atoms with Gasteiger partial charge in [0.25, 0.3) is 5.91 Å². The maximum absolute atomic E-state index is 13.6. The third kappa shape index (κ3) is 5.28. The number of carboxylic acid groups (broad SMARTS) is 1. The number of hydrogen-bond acceptors (Lipinski definition) is 8. The van der Waals surface area contributed by atoms with E-state index >= 15 is 0 Å². The summed E-state index contributed by atoms with van der Waals surface area (Å²) in [6, 6.07) is 18.2. The number of nitrogens with zero attached hydrogens (tertiary/aromatic N) is 6. The van der Waals surface area contributed by atoms with Gasteiger partial charge in [0.05, 0.1) is 36.3 Å². The van der Waals surface area contributed by atoms with E-state index in [9.17, 15) is 19.1 Å². The Balaban J connectivity index is 1.30. The molecule has 0 unspecified atom stereocenters. The van der Waals surface area contributed by atoms with Gasteiger partial charge in [-0.1, -0.05) is 24.3 Å². The highest BCUT2D eigenvalue weighted by Crippen LogP contribution is 2.40. The Morgan fingerprint density at radius 1 is 1.13 bits per heavy atom. The highest BCUT2D eigenvalue weighted by atomic mass is 19.1. The summed E-state index contributed by atoms with van der Waals surface area (Å²) in [5.74, 6) is -0.0822. The zero-order valence-corrected chi connectivity index (χ0v) is 24.6. The summed E-state index contributed by atoms with van der Waals surface area (Å²) in [6.07, 6.45) is 2.92. The molecule has 1 amide bonds.